The van der Waals surface area contributed by atoms with Crippen molar-refractivity contribution < 1.29 is 23.1 Å². The average molecular weight is 344 g/mol. The van der Waals surface area contributed by atoms with Gasteiger partial charge in [0.15, 0.2) is 0 Å². The number of hydrogen-bond donors (Lipinski definition) is 0. The Morgan fingerprint density at radius 3 is 2.80 bits per heavy atom. The fraction of sp³-hybridized carbons (Fsp3) is 0.231. The molecule has 1 heterocycles. The predicted molar refractivity (Wildman–Crippen MR) is 71.6 cm³/mol. The lowest BCUT2D eigenvalue weighted by molar-refractivity contribution is 0.0559. The van der Waals surface area contributed by atoms with Crippen LogP contribution in [0.25, 0.3) is 11.5 Å². The molecule has 0 fully saturated rings. The second-order valence-corrected chi connectivity index (χ2v) is 4.70. The number of rotatable bonds is 4. The molecule has 0 amide bonds. The zero-order valence-corrected chi connectivity index (χ0v) is 12.4. The van der Waals surface area contributed by atoms with E-state index in [0.29, 0.717) is 15.7 Å². The van der Waals surface area contributed by atoms with Gasteiger partial charge in [0.2, 0.25) is 11.7 Å². The van der Waals surface area contributed by atoms with E-state index in [0.717, 1.165) is 0 Å². The number of benzene rings is 1. The first-order valence-corrected chi connectivity index (χ1v) is 6.38. The Morgan fingerprint density at radius 1 is 1.45 bits per heavy atom. The van der Waals surface area contributed by atoms with Crippen molar-refractivity contribution in [3.63, 3.8) is 0 Å². The minimum atomic E-state index is -0.644. The maximum atomic E-state index is 13.1. The van der Waals surface area contributed by atoms with Gasteiger partial charge in [-0.05, 0) is 34.1 Å². The largest absolute Gasteiger partial charge is 0.463 e. The number of esters is 1. The number of nitrogens with zero attached hydrogens (tertiary/aromatic N) is 1. The molecule has 0 aliphatic rings. The summed E-state index contributed by atoms with van der Waals surface area (Å²) in [7, 11) is 2.72. The van der Waals surface area contributed by atoms with E-state index in [9.17, 15) is 9.18 Å². The molecule has 20 heavy (non-hydrogen) atoms. The van der Waals surface area contributed by atoms with Gasteiger partial charge in [-0.25, -0.2) is 14.2 Å². The first-order valence-electron chi connectivity index (χ1n) is 5.59. The van der Waals surface area contributed by atoms with Gasteiger partial charge in [-0.15, -0.1) is 0 Å². The van der Waals surface area contributed by atoms with Gasteiger partial charge in [-0.3, -0.25) is 0 Å². The van der Waals surface area contributed by atoms with Crippen molar-refractivity contribution in [3.8, 4) is 11.5 Å². The monoisotopic (exact) mass is 343 g/mol. The third-order valence-corrected chi connectivity index (χ3v) is 3.17. The van der Waals surface area contributed by atoms with E-state index in [1.165, 1.54) is 32.4 Å². The van der Waals surface area contributed by atoms with Crippen LogP contribution < -0.4 is 0 Å². The molecule has 0 saturated carbocycles. The number of carbonyl (C=O) groups is 1. The van der Waals surface area contributed by atoms with Gasteiger partial charge in [0.05, 0.1) is 19.3 Å². The van der Waals surface area contributed by atoms with Gasteiger partial charge < -0.3 is 13.9 Å². The Balaban J connectivity index is 2.49. The lowest BCUT2D eigenvalue weighted by Crippen LogP contribution is -2.04. The second-order valence-electron chi connectivity index (χ2n) is 3.84. The van der Waals surface area contributed by atoms with Crippen LogP contribution in [0.15, 0.2) is 27.1 Å². The van der Waals surface area contributed by atoms with Crippen molar-refractivity contribution in [2.45, 2.75) is 6.61 Å². The molecule has 0 radical (unpaired) electrons. The zero-order valence-electron chi connectivity index (χ0n) is 10.8. The van der Waals surface area contributed by atoms with E-state index in [1.54, 1.807) is 0 Å². The standard InChI is InChI=1S/C13H11BrFNO4/c1-18-6-10-11(13(17)19-2)20-12(16-10)8-4-3-7(15)5-9(8)14/h3-5H,6H2,1-2H3. The molecule has 0 N–H and O–H groups in total. The summed E-state index contributed by atoms with van der Waals surface area (Å²) in [4.78, 5) is 15.8. The van der Waals surface area contributed by atoms with Crippen molar-refractivity contribution in [2.75, 3.05) is 14.2 Å². The third-order valence-electron chi connectivity index (χ3n) is 2.51. The number of oxazole rings is 1. The molecular weight excluding hydrogens is 333 g/mol. The Morgan fingerprint density at radius 2 is 2.20 bits per heavy atom. The van der Waals surface area contributed by atoms with Crippen LogP contribution in [0, 0.1) is 5.82 Å². The van der Waals surface area contributed by atoms with Crippen LogP contribution >= 0.6 is 15.9 Å². The van der Waals surface area contributed by atoms with E-state index in [-0.39, 0.29) is 18.3 Å². The summed E-state index contributed by atoms with van der Waals surface area (Å²) in [5.41, 5.74) is 0.851. The molecule has 0 saturated heterocycles. The summed E-state index contributed by atoms with van der Waals surface area (Å²) >= 11 is 3.22. The molecule has 0 atom stereocenters. The smallest absolute Gasteiger partial charge is 0.376 e. The van der Waals surface area contributed by atoms with E-state index in [4.69, 9.17) is 9.15 Å². The molecule has 0 bridgehead atoms. The van der Waals surface area contributed by atoms with E-state index in [1.807, 2.05) is 0 Å². The number of ether oxygens (including phenoxy) is 2. The second kappa shape index (κ2) is 6.15. The lowest BCUT2D eigenvalue weighted by atomic mass is 10.2. The number of aromatic nitrogens is 1. The quantitative estimate of drug-likeness (QED) is 0.798. The lowest BCUT2D eigenvalue weighted by Gasteiger charge is -1.99. The Bertz CT molecular complexity index is 641. The van der Waals surface area contributed by atoms with Crippen LogP contribution in [-0.2, 0) is 16.1 Å². The Kier molecular flexibility index (Phi) is 4.51. The van der Waals surface area contributed by atoms with Gasteiger partial charge in [0, 0.05) is 11.6 Å². The summed E-state index contributed by atoms with van der Waals surface area (Å²) in [6, 6.07) is 4.06. The van der Waals surface area contributed by atoms with Gasteiger partial charge in [0.25, 0.3) is 0 Å². The zero-order chi connectivity index (χ0) is 14.7. The first-order chi connectivity index (χ1) is 9.56. The van der Waals surface area contributed by atoms with Crippen molar-refractivity contribution >= 4 is 21.9 Å². The van der Waals surface area contributed by atoms with Crippen molar-refractivity contribution in [2.24, 2.45) is 0 Å². The Labute approximate surface area is 122 Å². The molecule has 2 rings (SSSR count). The summed E-state index contributed by atoms with van der Waals surface area (Å²) in [6.07, 6.45) is 0. The third kappa shape index (κ3) is 2.88. The predicted octanol–water partition coefficient (Wildman–Crippen LogP) is 3.18. The number of methoxy groups -OCH3 is 2. The summed E-state index contributed by atoms with van der Waals surface area (Å²) in [5, 5.41) is 0. The van der Waals surface area contributed by atoms with Gasteiger partial charge in [0.1, 0.15) is 11.5 Å². The Hall–Kier alpha value is -1.73. The SMILES string of the molecule is COCc1nc(-c2ccc(F)cc2Br)oc1C(=O)OC. The van der Waals surface area contributed by atoms with E-state index < -0.39 is 11.8 Å². The molecule has 106 valence electrons. The minimum absolute atomic E-state index is 0.0272. The number of halogens is 2. The highest BCUT2D eigenvalue weighted by Gasteiger charge is 2.22. The highest BCUT2D eigenvalue weighted by molar-refractivity contribution is 9.10. The maximum Gasteiger partial charge on any atom is 0.376 e. The molecule has 5 nitrogen and oxygen atoms in total. The average Bonchev–Trinajstić information content (AvgIpc) is 2.82. The van der Waals surface area contributed by atoms with Crippen LogP contribution in [0.5, 0.6) is 0 Å². The van der Waals surface area contributed by atoms with Crippen LogP contribution in [-0.4, -0.2) is 25.2 Å². The topological polar surface area (TPSA) is 61.6 Å². The van der Waals surface area contributed by atoms with Gasteiger partial charge in [-0.2, -0.15) is 0 Å². The van der Waals surface area contributed by atoms with E-state index >= 15 is 0 Å². The molecule has 1 aromatic carbocycles. The first kappa shape index (κ1) is 14.7. The summed E-state index contributed by atoms with van der Waals surface area (Å²) in [5.74, 6) is -0.878. The van der Waals surface area contributed by atoms with Gasteiger partial charge in [-0.1, -0.05) is 0 Å². The highest BCUT2D eigenvalue weighted by atomic mass is 79.9. The summed E-state index contributed by atoms with van der Waals surface area (Å²) in [6.45, 7) is 0.104. The molecule has 2 aromatic rings. The molecule has 7 heteroatoms. The number of carbonyl (C=O) groups excluding carboxylic acids is 1. The van der Waals surface area contributed by atoms with Crippen LogP contribution in [0.1, 0.15) is 16.2 Å². The number of hydrogen-bond acceptors (Lipinski definition) is 5. The van der Waals surface area contributed by atoms with Crippen LogP contribution in [0.3, 0.4) is 0 Å². The molecule has 0 spiro atoms. The molecule has 0 aliphatic heterocycles. The van der Waals surface area contributed by atoms with Gasteiger partial charge >= 0.3 is 5.97 Å². The maximum absolute atomic E-state index is 13.1. The van der Waals surface area contributed by atoms with Crippen molar-refractivity contribution in [1.82, 2.24) is 4.98 Å². The summed E-state index contributed by atoms with van der Waals surface area (Å²) < 4.78 is 28.5. The van der Waals surface area contributed by atoms with Crippen LogP contribution in [0.2, 0.25) is 0 Å². The highest BCUT2D eigenvalue weighted by Crippen LogP contribution is 2.30. The van der Waals surface area contributed by atoms with Crippen molar-refractivity contribution in [1.29, 1.82) is 0 Å². The normalized spacial score (nSPS) is 10.6. The molecule has 1 aromatic heterocycles. The molecular formula is C13H11BrFNO4. The fourth-order valence-electron chi connectivity index (χ4n) is 1.62. The van der Waals surface area contributed by atoms with Crippen molar-refractivity contribution in [3.05, 3.63) is 39.9 Å². The fourth-order valence-corrected chi connectivity index (χ4v) is 2.14. The van der Waals surface area contributed by atoms with E-state index in [2.05, 4.69) is 25.7 Å². The minimum Gasteiger partial charge on any atom is -0.463 e. The van der Waals surface area contributed by atoms with Crippen LogP contribution in [0.4, 0.5) is 4.39 Å². The molecule has 0 aliphatic carbocycles. The molecule has 0 unspecified atom stereocenters.